The quantitative estimate of drug-likeness (QED) is 0.813. The minimum absolute atomic E-state index is 0.00139. The van der Waals surface area contributed by atoms with Crippen molar-refractivity contribution in [2.45, 2.75) is 27.0 Å². The van der Waals surface area contributed by atoms with Gasteiger partial charge in [-0.2, -0.15) is 5.10 Å². The molecule has 0 aliphatic rings. The molecular weight excluding hydrogens is 278 g/mol. The summed E-state index contributed by atoms with van der Waals surface area (Å²) in [6, 6.07) is 9.75. The zero-order valence-corrected chi connectivity index (χ0v) is 13.6. The molecule has 0 unspecified atom stereocenters. The molecule has 0 fully saturated rings. The molecule has 2 rings (SSSR count). The minimum Gasteiger partial charge on any atom is -0.497 e. The van der Waals surface area contributed by atoms with Gasteiger partial charge in [0.15, 0.2) is 0 Å². The van der Waals surface area contributed by atoms with Crippen LogP contribution < -0.4 is 4.74 Å². The smallest absolute Gasteiger partial charge is 0.118 e. The standard InChI is InChI=1S/C17H25N3O2/c1-4-19(5-2)10-11-20-15(13-21)12-17(18-20)14-6-8-16(22-3)9-7-14/h6-9,12,21H,4-5,10-11,13H2,1-3H3. The van der Waals surface area contributed by atoms with Crippen LogP contribution in [-0.4, -0.2) is 46.5 Å². The predicted molar refractivity (Wildman–Crippen MR) is 87.9 cm³/mol. The number of hydrogen-bond acceptors (Lipinski definition) is 4. The van der Waals surface area contributed by atoms with Gasteiger partial charge < -0.3 is 14.7 Å². The minimum atomic E-state index is 0.00139. The molecular formula is C17H25N3O2. The largest absolute Gasteiger partial charge is 0.497 e. The van der Waals surface area contributed by atoms with Gasteiger partial charge in [-0.3, -0.25) is 4.68 Å². The first-order valence-electron chi connectivity index (χ1n) is 7.76. The number of aliphatic hydroxyl groups is 1. The lowest BCUT2D eigenvalue weighted by molar-refractivity contribution is 0.253. The van der Waals surface area contributed by atoms with Crippen LogP contribution >= 0.6 is 0 Å². The Morgan fingerprint density at radius 3 is 2.41 bits per heavy atom. The van der Waals surface area contributed by atoms with Crippen LogP contribution in [0.1, 0.15) is 19.5 Å². The summed E-state index contributed by atoms with van der Waals surface area (Å²) in [5.74, 6) is 0.826. The Morgan fingerprint density at radius 2 is 1.86 bits per heavy atom. The Hall–Kier alpha value is -1.85. The number of nitrogens with zero attached hydrogens (tertiary/aromatic N) is 3. The molecule has 0 atom stereocenters. The Morgan fingerprint density at radius 1 is 1.18 bits per heavy atom. The lowest BCUT2D eigenvalue weighted by Gasteiger charge is -2.18. The first kappa shape index (κ1) is 16.5. The van der Waals surface area contributed by atoms with E-state index in [1.165, 1.54) is 0 Å². The molecule has 1 heterocycles. The number of hydrogen-bond donors (Lipinski definition) is 1. The molecule has 0 aliphatic heterocycles. The average molecular weight is 303 g/mol. The highest BCUT2D eigenvalue weighted by atomic mass is 16.5. The molecule has 0 spiro atoms. The molecule has 5 nitrogen and oxygen atoms in total. The summed E-state index contributed by atoms with van der Waals surface area (Å²) in [6.45, 7) is 8.08. The van der Waals surface area contributed by atoms with E-state index in [2.05, 4.69) is 23.8 Å². The summed E-state index contributed by atoms with van der Waals surface area (Å²) < 4.78 is 7.07. The van der Waals surface area contributed by atoms with Gasteiger partial charge in [0.1, 0.15) is 5.75 Å². The number of methoxy groups -OCH3 is 1. The molecule has 1 aromatic heterocycles. The Bertz CT molecular complexity index is 574. The highest BCUT2D eigenvalue weighted by Crippen LogP contribution is 2.22. The second kappa shape index (κ2) is 7.96. The number of rotatable bonds is 8. The van der Waals surface area contributed by atoms with Crippen molar-refractivity contribution in [3.05, 3.63) is 36.0 Å². The van der Waals surface area contributed by atoms with Crippen LogP contribution in [0.3, 0.4) is 0 Å². The molecule has 0 saturated heterocycles. The molecule has 0 aliphatic carbocycles. The van der Waals surface area contributed by atoms with Crippen molar-refractivity contribution >= 4 is 0 Å². The molecule has 5 heteroatoms. The van der Waals surface area contributed by atoms with Crippen molar-refractivity contribution in [2.24, 2.45) is 0 Å². The van der Waals surface area contributed by atoms with E-state index in [0.29, 0.717) is 0 Å². The highest BCUT2D eigenvalue weighted by Gasteiger charge is 2.10. The van der Waals surface area contributed by atoms with E-state index in [1.54, 1.807) is 7.11 Å². The molecule has 1 N–H and O–H groups in total. The van der Waals surface area contributed by atoms with Gasteiger partial charge in [0.25, 0.3) is 0 Å². The van der Waals surface area contributed by atoms with Crippen LogP contribution in [0.4, 0.5) is 0 Å². The zero-order valence-electron chi connectivity index (χ0n) is 13.6. The van der Waals surface area contributed by atoms with Crippen molar-refractivity contribution in [3.8, 4) is 17.0 Å². The molecule has 0 bridgehead atoms. The fraction of sp³-hybridized carbons (Fsp3) is 0.471. The lowest BCUT2D eigenvalue weighted by Crippen LogP contribution is -2.27. The van der Waals surface area contributed by atoms with Gasteiger partial charge in [-0.25, -0.2) is 0 Å². The number of ether oxygens (including phenoxy) is 1. The van der Waals surface area contributed by atoms with Gasteiger partial charge in [0.05, 0.1) is 31.6 Å². The third-order valence-corrected chi connectivity index (χ3v) is 3.93. The van der Waals surface area contributed by atoms with E-state index in [4.69, 9.17) is 4.74 Å². The topological polar surface area (TPSA) is 50.5 Å². The number of aliphatic hydroxyl groups excluding tert-OH is 1. The summed E-state index contributed by atoms with van der Waals surface area (Å²) >= 11 is 0. The van der Waals surface area contributed by atoms with Crippen LogP contribution in [0.5, 0.6) is 5.75 Å². The summed E-state index contributed by atoms with van der Waals surface area (Å²) in [6.07, 6.45) is 0. The van der Waals surface area contributed by atoms with Crippen LogP contribution in [0, 0.1) is 0 Å². The fourth-order valence-corrected chi connectivity index (χ4v) is 2.46. The first-order valence-corrected chi connectivity index (χ1v) is 7.76. The van der Waals surface area contributed by atoms with E-state index in [-0.39, 0.29) is 6.61 Å². The Labute approximate surface area is 132 Å². The van der Waals surface area contributed by atoms with Crippen LogP contribution in [0.15, 0.2) is 30.3 Å². The molecule has 0 saturated carbocycles. The highest BCUT2D eigenvalue weighted by molar-refractivity contribution is 5.60. The van der Waals surface area contributed by atoms with Crippen molar-refractivity contribution in [2.75, 3.05) is 26.7 Å². The van der Waals surface area contributed by atoms with Crippen molar-refractivity contribution < 1.29 is 9.84 Å². The summed E-state index contributed by atoms with van der Waals surface area (Å²) in [7, 11) is 1.65. The van der Waals surface area contributed by atoms with E-state index >= 15 is 0 Å². The van der Waals surface area contributed by atoms with Gasteiger partial charge >= 0.3 is 0 Å². The van der Waals surface area contributed by atoms with Gasteiger partial charge in [0.2, 0.25) is 0 Å². The summed E-state index contributed by atoms with van der Waals surface area (Å²) in [5, 5.41) is 14.2. The monoisotopic (exact) mass is 303 g/mol. The molecule has 120 valence electrons. The molecule has 1 aromatic carbocycles. The Balaban J connectivity index is 2.16. The van der Waals surface area contributed by atoms with Gasteiger partial charge in [-0.15, -0.1) is 0 Å². The lowest BCUT2D eigenvalue weighted by atomic mass is 10.1. The van der Waals surface area contributed by atoms with Crippen molar-refractivity contribution in [1.29, 1.82) is 0 Å². The predicted octanol–water partition coefficient (Wildman–Crippen LogP) is 2.39. The second-order valence-electron chi connectivity index (χ2n) is 5.16. The van der Waals surface area contributed by atoms with Gasteiger partial charge in [-0.1, -0.05) is 13.8 Å². The maximum absolute atomic E-state index is 9.55. The average Bonchev–Trinajstić information content (AvgIpc) is 2.99. The van der Waals surface area contributed by atoms with Crippen molar-refractivity contribution in [1.82, 2.24) is 14.7 Å². The second-order valence-corrected chi connectivity index (χ2v) is 5.16. The van der Waals surface area contributed by atoms with Crippen LogP contribution in [-0.2, 0) is 13.2 Å². The first-order chi connectivity index (χ1) is 10.7. The third kappa shape index (κ3) is 3.87. The number of aromatic nitrogens is 2. The maximum Gasteiger partial charge on any atom is 0.118 e. The molecule has 0 amide bonds. The number of likely N-dealkylation sites (N-methyl/N-ethyl adjacent to an activating group) is 1. The van der Waals surface area contributed by atoms with Gasteiger partial charge in [0, 0.05) is 12.1 Å². The molecule has 2 aromatic rings. The van der Waals surface area contributed by atoms with E-state index in [9.17, 15) is 5.11 Å². The van der Waals surface area contributed by atoms with E-state index in [0.717, 1.165) is 48.9 Å². The fourth-order valence-electron chi connectivity index (χ4n) is 2.46. The van der Waals surface area contributed by atoms with E-state index in [1.807, 2.05) is 35.0 Å². The van der Waals surface area contributed by atoms with Gasteiger partial charge in [-0.05, 0) is 43.4 Å². The normalized spacial score (nSPS) is 11.1. The molecule has 0 radical (unpaired) electrons. The van der Waals surface area contributed by atoms with Crippen LogP contribution in [0.25, 0.3) is 11.3 Å². The zero-order chi connectivity index (χ0) is 15.9. The summed E-state index contributed by atoms with van der Waals surface area (Å²) in [4.78, 5) is 2.34. The SMILES string of the molecule is CCN(CC)CCn1nc(-c2ccc(OC)cc2)cc1CO. The Kier molecular flexibility index (Phi) is 5.98. The maximum atomic E-state index is 9.55. The van der Waals surface area contributed by atoms with Crippen molar-refractivity contribution in [3.63, 3.8) is 0 Å². The number of benzene rings is 1. The van der Waals surface area contributed by atoms with E-state index < -0.39 is 0 Å². The summed E-state index contributed by atoms with van der Waals surface area (Å²) in [5.41, 5.74) is 2.75. The third-order valence-electron chi connectivity index (χ3n) is 3.93. The van der Waals surface area contributed by atoms with Crippen LogP contribution in [0.2, 0.25) is 0 Å². The molecule has 22 heavy (non-hydrogen) atoms.